The van der Waals surface area contributed by atoms with Gasteiger partial charge in [-0.05, 0) is 38.7 Å². The minimum atomic E-state index is 0.239. The van der Waals surface area contributed by atoms with Crippen molar-refractivity contribution in [2.45, 2.75) is 51.6 Å². The molecule has 0 N–H and O–H groups in total. The van der Waals surface area contributed by atoms with Crippen molar-refractivity contribution in [2.75, 3.05) is 19.8 Å². The molecule has 1 aromatic heterocycles. The van der Waals surface area contributed by atoms with E-state index in [2.05, 4.69) is 10.00 Å². The molecule has 1 amide bonds. The van der Waals surface area contributed by atoms with Gasteiger partial charge in [0, 0.05) is 38.1 Å². The molecule has 1 aromatic rings. The number of nitrogens with zero attached hydrogens (tertiary/aromatic N) is 3. The smallest absolute Gasteiger partial charge is 0.225 e. The zero-order valence-electron chi connectivity index (χ0n) is 12.3. The third-order valence-corrected chi connectivity index (χ3v) is 3.86. The van der Waals surface area contributed by atoms with Crippen molar-refractivity contribution in [3.63, 3.8) is 0 Å². The lowest BCUT2D eigenvalue weighted by atomic mass is 9.99. The summed E-state index contributed by atoms with van der Waals surface area (Å²) >= 11 is 0. The first-order chi connectivity index (χ1) is 9.81. The van der Waals surface area contributed by atoms with E-state index in [1.54, 1.807) is 6.20 Å². The zero-order chi connectivity index (χ0) is 14.2. The SMILES string of the molecule is CCOCCC(=O)N1CCCC[C@@H]1CCn1cccn1. The Balaban J connectivity index is 1.82. The molecular formula is C15H25N3O2. The Bertz CT molecular complexity index is 392. The molecule has 5 heteroatoms. The van der Waals surface area contributed by atoms with Crippen LogP contribution in [0.2, 0.25) is 0 Å². The number of amides is 1. The van der Waals surface area contributed by atoms with Gasteiger partial charge < -0.3 is 9.64 Å². The largest absolute Gasteiger partial charge is 0.381 e. The number of ether oxygens (including phenoxy) is 1. The van der Waals surface area contributed by atoms with Crippen molar-refractivity contribution >= 4 is 5.91 Å². The van der Waals surface area contributed by atoms with Crippen LogP contribution in [0.1, 0.15) is 39.0 Å². The third-order valence-electron chi connectivity index (χ3n) is 3.86. The van der Waals surface area contributed by atoms with E-state index in [1.807, 2.05) is 23.9 Å². The lowest BCUT2D eigenvalue weighted by Crippen LogP contribution is -2.44. The monoisotopic (exact) mass is 279 g/mol. The summed E-state index contributed by atoms with van der Waals surface area (Å²) in [7, 11) is 0. The van der Waals surface area contributed by atoms with E-state index in [9.17, 15) is 4.79 Å². The summed E-state index contributed by atoms with van der Waals surface area (Å²) < 4.78 is 7.23. The van der Waals surface area contributed by atoms with Gasteiger partial charge in [-0.25, -0.2) is 0 Å². The highest BCUT2D eigenvalue weighted by Gasteiger charge is 2.26. The molecule has 112 valence electrons. The number of hydrogen-bond donors (Lipinski definition) is 0. The minimum absolute atomic E-state index is 0.239. The van der Waals surface area contributed by atoms with Crippen LogP contribution < -0.4 is 0 Å². The van der Waals surface area contributed by atoms with Gasteiger partial charge in [-0.2, -0.15) is 5.10 Å². The van der Waals surface area contributed by atoms with E-state index in [1.165, 1.54) is 6.42 Å². The topological polar surface area (TPSA) is 47.4 Å². The number of rotatable bonds is 7. The van der Waals surface area contributed by atoms with Gasteiger partial charge in [0.2, 0.25) is 5.91 Å². The number of hydrogen-bond acceptors (Lipinski definition) is 3. The molecule has 1 aliphatic rings. The highest BCUT2D eigenvalue weighted by Crippen LogP contribution is 2.21. The van der Waals surface area contributed by atoms with Gasteiger partial charge in [0.15, 0.2) is 0 Å². The van der Waals surface area contributed by atoms with Crippen molar-refractivity contribution in [3.8, 4) is 0 Å². The number of carbonyl (C=O) groups is 1. The van der Waals surface area contributed by atoms with Gasteiger partial charge in [-0.3, -0.25) is 9.48 Å². The standard InChI is InChI=1S/C15H25N3O2/c1-2-20-13-8-15(19)18-11-4-3-6-14(18)7-12-17-10-5-9-16-17/h5,9-10,14H,2-4,6-8,11-13H2,1H3/t14-/m1/s1. The van der Waals surface area contributed by atoms with Crippen LogP contribution in [0.25, 0.3) is 0 Å². The third kappa shape index (κ3) is 4.34. The summed E-state index contributed by atoms with van der Waals surface area (Å²) in [6, 6.07) is 2.30. The molecule has 0 bridgehead atoms. The first-order valence-corrected chi connectivity index (χ1v) is 7.66. The summed E-state index contributed by atoms with van der Waals surface area (Å²) in [5.41, 5.74) is 0. The van der Waals surface area contributed by atoms with Gasteiger partial charge in [-0.1, -0.05) is 0 Å². The summed E-state index contributed by atoms with van der Waals surface area (Å²) in [6.07, 6.45) is 8.73. The molecule has 1 saturated heterocycles. The van der Waals surface area contributed by atoms with Gasteiger partial charge in [0.1, 0.15) is 0 Å². The van der Waals surface area contributed by atoms with Crippen molar-refractivity contribution in [2.24, 2.45) is 0 Å². The normalized spacial score (nSPS) is 19.2. The number of aryl methyl sites for hydroxylation is 1. The lowest BCUT2D eigenvalue weighted by molar-refractivity contribution is -0.136. The Labute approximate surface area is 120 Å². The molecule has 0 radical (unpaired) electrons. The summed E-state index contributed by atoms with van der Waals surface area (Å²) in [4.78, 5) is 14.3. The molecule has 0 spiro atoms. The Morgan fingerprint density at radius 2 is 2.35 bits per heavy atom. The van der Waals surface area contributed by atoms with E-state index in [0.717, 1.165) is 32.4 Å². The van der Waals surface area contributed by atoms with Crippen LogP contribution in [0, 0.1) is 0 Å². The maximum Gasteiger partial charge on any atom is 0.225 e. The van der Waals surface area contributed by atoms with Gasteiger partial charge in [-0.15, -0.1) is 0 Å². The van der Waals surface area contributed by atoms with Crippen LogP contribution in [0.3, 0.4) is 0 Å². The molecule has 0 aliphatic carbocycles. The first-order valence-electron chi connectivity index (χ1n) is 7.66. The van der Waals surface area contributed by atoms with Crippen LogP contribution in [-0.4, -0.2) is 46.4 Å². The van der Waals surface area contributed by atoms with Crippen molar-refractivity contribution < 1.29 is 9.53 Å². The lowest BCUT2D eigenvalue weighted by Gasteiger charge is -2.36. The number of likely N-dealkylation sites (tertiary alicyclic amines) is 1. The number of carbonyl (C=O) groups excluding carboxylic acids is 1. The quantitative estimate of drug-likeness (QED) is 0.718. The first kappa shape index (κ1) is 15.0. The van der Waals surface area contributed by atoms with Crippen LogP contribution in [0.15, 0.2) is 18.5 Å². The van der Waals surface area contributed by atoms with Crippen LogP contribution in [-0.2, 0) is 16.1 Å². The van der Waals surface area contributed by atoms with Gasteiger partial charge in [0.05, 0.1) is 13.0 Å². The molecule has 2 rings (SSSR count). The highest BCUT2D eigenvalue weighted by molar-refractivity contribution is 5.76. The fourth-order valence-corrected chi connectivity index (χ4v) is 2.79. The number of piperidine rings is 1. The van der Waals surface area contributed by atoms with Crippen LogP contribution in [0.4, 0.5) is 0 Å². The maximum absolute atomic E-state index is 12.3. The second-order valence-electron chi connectivity index (χ2n) is 5.24. The van der Waals surface area contributed by atoms with Crippen molar-refractivity contribution in [1.29, 1.82) is 0 Å². The predicted molar refractivity (Wildman–Crippen MR) is 77.3 cm³/mol. The molecular weight excluding hydrogens is 254 g/mol. The zero-order valence-corrected chi connectivity index (χ0v) is 12.3. The fourth-order valence-electron chi connectivity index (χ4n) is 2.79. The average Bonchev–Trinajstić information content (AvgIpc) is 2.99. The molecule has 20 heavy (non-hydrogen) atoms. The highest BCUT2D eigenvalue weighted by atomic mass is 16.5. The van der Waals surface area contributed by atoms with E-state index < -0.39 is 0 Å². The Kier molecular flexibility index (Phi) is 6.05. The van der Waals surface area contributed by atoms with Crippen molar-refractivity contribution in [1.82, 2.24) is 14.7 Å². The second kappa shape index (κ2) is 8.04. The van der Waals surface area contributed by atoms with Crippen LogP contribution >= 0.6 is 0 Å². The maximum atomic E-state index is 12.3. The molecule has 0 saturated carbocycles. The Hall–Kier alpha value is -1.36. The average molecular weight is 279 g/mol. The second-order valence-corrected chi connectivity index (χ2v) is 5.24. The van der Waals surface area contributed by atoms with E-state index >= 15 is 0 Å². The minimum Gasteiger partial charge on any atom is -0.381 e. The van der Waals surface area contributed by atoms with E-state index in [-0.39, 0.29) is 5.91 Å². The Morgan fingerprint density at radius 3 is 3.10 bits per heavy atom. The molecule has 1 fully saturated rings. The van der Waals surface area contributed by atoms with Crippen molar-refractivity contribution in [3.05, 3.63) is 18.5 Å². The summed E-state index contributed by atoms with van der Waals surface area (Å²) in [5, 5.41) is 4.22. The molecule has 1 atom stereocenters. The van der Waals surface area contributed by atoms with Crippen LogP contribution in [0.5, 0.6) is 0 Å². The summed E-state index contributed by atoms with van der Waals surface area (Å²) in [6.45, 7) is 4.95. The fraction of sp³-hybridized carbons (Fsp3) is 0.733. The van der Waals surface area contributed by atoms with E-state index in [4.69, 9.17) is 4.74 Å². The molecule has 0 unspecified atom stereocenters. The van der Waals surface area contributed by atoms with Gasteiger partial charge in [0.25, 0.3) is 0 Å². The number of aromatic nitrogens is 2. The summed E-state index contributed by atoms with van der Waals surface area (Å²) in [5.74, 6) is 0.239. The van der Waals surface area contributed by atoms with Gasteiger partial charge >= 0.3 is 0 Å². The molecule has 0 aromatic carbocycles. The molecule has 5 nitrogen and oxygen atoms in total. The Morgan fingerprint density at radius 1 is 1.45 bits per heavy atom. The van der Waals surface area contributed by atoms with E-state index in [0.29, 0.717) is 25.7 Å². The molecule has 2 heterocycles. The predicted octanol–water partition coefficient (Wildman–Crippen LogP) is 2.08. The molecule has 1 aliphatic heterocycles.